The van der Waals surface area contributed by atoms with Gasteiger partial charge in [-0.15, -0.1) is 10.2 Å². The molecular weight excluding hydrogens is 373 g/mol. The van der Waals surface area contributed by atoms with E-state index in [2.05, 4.69) is 17.1 Å². The Bertz CT molecular complexity index is 798. The number of halogens is 2. The van der Waals surface area contributed by atoms with Gasteiger partial charge in [-0.05, 0) is 30.7 Å². The zero-order valence-electron chi connectivity index (χ0n) is 14.7. The van der Waals surface area contributed by atoms with Crippen LogP contribution >= 0.6 is 23.2 Å². The molecule has 1 aliphatic rings. The number of amides is 1. The summed E-state index contributed by atoms with van der Waals surface area (Å²) in [5.41, 5.74) is 0.952. The molecule has 26 heavy (non-hydrogen) atoms. The average molecular weight is 394 g/mol. The van der Waals surface area contributed by atoms with Gasteiger partial charge in [-0.25, -0.2) is 0 Å². The highest BCUT2D eigenvalue weighted by molar-refractivity contribution is 6.31. The molecule has 3 rings (SSSR count). The van der Waals surface area contributed by atoms with Crippen LogP contribution in [-0.4, -0.2) is 22.6 Å². The number of nitrogens with zero attached hydrogens (tertiary/aromatic N) is 3. The predicted octanol–water partition coefficient (Wildman–Crippen LogP) is 5.90. The standard InChI is InChI=1S/C19H21Cl2N3O2/c1-2-3-4-5-6-7-10-24-15-11-13(20)8-9-16(15)26-18-14(19(24)25)12-17(21)22-23-18/h8-9,11-12H,2-7,10H2,1H3. The summed E-state index contributed by atoms with van der Waals surface area (Å²) < 4.78 is 5.82. The number of rotatable bonds is 7. The van der Waals surface area contributed by atoms with E-state index in [9.17, 15) is 4.79 Å². The molecular formula is C19H21Cl2N3O2. The monoisotopic (exact) mass is 393 g/mol. The lowest BCUT2D eigenvalue weighted by molar-refractivity contribution is 0.0986. The van der Waals surface area contributed by atoms with Crippen LogP contribution in [0.25, 0.3) is 0 Å². The van der Waals surface area contributed by atoms with Crippen molar-refractivity contribution in [2.45, 2.75) is 45.4 Å². The number of hydrogen-bond donors (Lipinski definition) is 0. The zero-order valence-corrected chi connectivity index (χ0v) is 16.2. The van der Waals surface area contributed by atoms with Gasteiger partial charge >= 0.3 is 0 Å². The summed E-state index contributed by atoms with van der Waals surface area (Å²) in [5.74, 6) is 0.490. The molecule has 2 aromatic rings. The highest BCUT2D eigenvalue weighted by Gasteiger charge is 2.29. The number of benzene rings is 1. The van der Waals surface area contributed by atoms with E-state index in [-0.39, 0.29) is 16.9 Å². The largest absolute Gasteiger partial charge is 0.435 e. The molecule has 5 nitrogen and oxygen atoms in total. The lowest BCUT2D eigenvalue weighted by Gasteiger charge is -2.22. The first kappa shape index (κ1) is 18.9. The molecule has 7 heteroatoms. The second-order valence-electron chi connectivity index (χ2n) is 6.32. The maximum Gasteiger partial charge on any atom is 0.264 e. The fraction of sp³-hybridized carbons (Fsp3) is 0.421. The number of anilines is 1. The van der Waals surface area contributed by atoms with Crippen molar-refractivity contribution in [1.82, 2.24) is 10.2 Å². The molecule has 1 aromatic heterocycles. The molecule has 0 saturated carbocycles. The van der Waals surface area contributed by atoms with Gasteiger partial charge in [0.2, 0.25) is 0 Å². The van der Waals surface area contributed by atoms with Crippen molar-refractivity contribution in [1.29, 1.82) is 0 Å². The summed E-state index contributed by atoms with van der Waals surface area (Å²) in [6.07, 6.45) is 6.84. The lowest BCUT2D eigenvalue weighted by atomic mass is 10.1. The summed E-state index contributed by atoms with van der Waals surface area (Å²) in [6.45, 7) is 2.78. The van der Waals surface area contributed by atoms with Crippen molar-refractivity contribution >= 4 is 34.8 Å². The predicted molar refractivity (Wildman–Crippen MR) is 104 cm³/mol. The first-order valence-electron chi connectivity index (χ1n) is 8.92. The third-order valence-electron chi connectivity index (χ3n) is 4.36. The van der Waals surface area contributed by atoms with E-state index in [1.807, 2.05) is 0 Å². The van der Waals surface area contributed by atoms with Crippen LogP contribution in [0.5, 0.6) is 11.6 Å². The summed E-state index contributed by atoms with van der Waals surface area (Å²) in [6, 6.07) is 6.70. The van der Waals surface area contributed by atoms with Gasteiger partial charge in [-0.2, -0.15) is 0 Å². The normalized spacial score (nSPS) is 13.0. The average Bonchev–Trinajstić information content (AvgIpc) is 2.73. The fourth-order valence-corrected chi connectivity index (χ4v) is 3.32. The van der Waals surface area contributed by atoms with Crippen molar-refractivity contribution in [3.8, 4) is 11.6 Å². The van der Waals surface area contributed by atoms with Crippen LogP contribution in [0.15, 0.2) is 24.3 Å². The van der Waals surface area contributed by atoms with Gasteiger partial charge in [-0.3, -0.25) is 4.79 Å². The van der Waals surface area contributed by atoms with E-state index in [0.29, 0.717) is 28.6 Å². The Morgan fingerprint density at radius 3 is 2.62 bits per heavy atom. The Hall–Kier alpha value is -1.85. The van der Waals surface area contributed by atoms with Gasteiger partial charge < -0.3 is 9.64 Å². The Balaban J connectivity index is 1.85. The quantitative estimate of drug-likeness (QED) is 0.549. The van der Waals surface area contributed by atoms with Crippen molar-refractivity contribution < 1.29 is 9.53 Å². The van der Waals surface area contributed by atoms with Gasteiger partial charge in [0.15, 0.2) is 10.9 Å². The minimum atomic E-state index is -0.202. The molecule has 0 bridgehead atoms. The molecule has 0 radical (unpaired) electrons. The molecule has 1 aromatic carbocycles. The Morgan fingerprint density at radius 1 is 1.04 bits per heavy atom. The smallest absolute Gasteiger partial charge is 0.264 e. The van der Waals surface area contributed by atoms with E-state index in [4.69, 9.17) is 27.9 Å². The highest BCUT2D eigenvalue weighted by Crippen LogP contribution is 2.39. The van der Waals surface area contributed by atoms with Gasteiger partial charge in [-0.1, -0.05) is 62.2 Å². The Kier molecular flexibility index (Phi) is 6.33. The molecule has 0 fully saturated rings. The zero-order chi connectivity index (χ0) is 18.5. The van der Waals surface area contributed by atoms with E-state index in [1.54, 1.807) is 23.1 Å². The minimum absolute atomic E-state index is 0.157. The van der Waals surface area contributed by atoms with E-state index in [1.165, 1.54) is 31.7 Å². The Labute approximate surface area is 163 Å². The number of fused-ring (bicyclic) bond motifs is 2. The highest BCUT2D eigenvalue weighted by atomic mass is 35.5. The van der Waals surface area contributed by atoms with Gasteiger partial charge in [0.1, 0.15) is 5.56 Å². The van der Waals surface area contributed by atoms with Gasteiger partial charge in [0.25, 0.3) is 11.8 Å². The SMILES string of the molecule is CCCCCCCCN1C(=O)c2cc(Cl)nnc2Oc2ccc(Cl)cc21. The van der Waals surface area contributed by atoms with Crippen molar-refractivity contribution in [3.05, 3.63) is 40.0 Å². The van der Waals surface area contributed by atoms with E-state index < -0.39 is 0 Å². The number of carbonyl (C=O) groups excluding carboxylic acids is 1. The molecule has 0 saturated heterocycles. The summed E-state index contributed by atoms with van der Waals surface area (Å²) in [7, 11) is 0. The minimum Gasteiger partial charge on any atom is -0.435 e. The third-order valence-corrected chi connectivity index (χ3v) is 4.78. The number of hydrogen-bond acceptors (Lipinski definition) is 4. The molecule has 1 amide bonds. The second-order valence-corrected chi connectivity index (χ2v) is 7.15. The van der Waals surface area contributed by atoms with Crippen LogP contribution in [-0.2, 0) is 0 Å². The topological polar surface area (TPSA) is 55.3 Å². The van der Waals surface area contributed by atoms with Crippen molar-refractivity contribution in [2.24, 2.45) is 0 Å². The molecule has 0 aliphatic carbocycles. The van der Waals surface area contributed by atoms with Crippen LogP contribution in [0.4, 0.5) is 5.69 Å². The van der Waals surface area contributed by atoms with Crippen molar-refractivity contribution in [3.63, 3.8) is 0 Å². The molecule has 0 unspecified atom stereocenters. The first-order chi connectivity index (χ1) is 12.6. The lowest BCUT2D eigenvalue weighted by Crippen LogP contribution is -2.31. The van der Waals surface area contributed by atoms with Gasteiger partial charge in [0, 0.05) is 11.6 Å². The molecule has 2 heterocycles. The first-order valence-corrected chi connectivity index (χ1v) is 9.68. The number of unbranched alkanes of at least 4 members (excludes halogenated alkanes) is 5. The van der Waals surface area contributed by atoms with Crippen LogP contribution < -0.4 is 9.64 Å². The summed E-state index contributed by atoms with van der Waals surface area (Å²) >= 11 is 12.1. The molecule has 138 valence electrons. The van der Waals surface area contributed by atoms with Crippen molar-refractivity contribution in [2.75, 3.05) is 11.4 Å². The van der Waals surface area contributed by atoms with Gasteiger partial charge in [0.05, 0.1) is 5.69 Å². The van der Waals surface area contributed by atoms with Crippen LogP contribution in [0.1, 0.15) is 55.8 Å². The van der Waals surface area contributed by atoms with Crippen LogP contribution in [0.3, 0.4) is 0 Å². The molecule has 0 N–H and O–H groups in total. The number of ether oxygens (including phenoxy) is 1. The van der Waals surface area contributed by atoms with E-state index in [0.717, 1.165) is 12.8 Å². The Morgan fingerprint density at radius 2 is 1.81 bits per heavy atom. The van der Waals surface area contributed by atoms with Crippen LogP contribution in [0, 0.1) is 0 Å². The molecule has 0 atom stereocenters. The maximum absolute atomic E-state index is 13.1. The molecule has 0 spiro atoms. The fourth-order valence-electron chi connectivity index (χ4n) is 3.00. The third kappa shape index (κ3) is 4.27. The number of aromatic nitrogens is 2. The summed E-state index contributed by atoms with van der Waals surface area (Å²) in [5, 5.41) is 8.41. The maximum atomic E-state index is 13.1. The molecule has 1 aliphatic heterocycles. The van der Waals surface area contributed by atoms with E-state index >= 15 is 0 Å². The number of carbonyl (C=O) groups is 1. The van der Waals surface area contributed by atoms with Crippen LogP contribution in [0.2, 0.25) is 10.2 Å². The summed E-state index contributed by atoms with van der Waals surface area (Å²) in [4.78, 5) is 14.8. The second kappa shape index (κ2) is 8.69.